The molecule has 0 unspecified atom stereocenters. The number of nitrogens with zero attached hydrogens (tertiary/aromatic N) is 3. The van der Waals surface area contributed by atoms with Gasteiger partial charge in [0.25, 0.3) is 11.5 Å². The Bertz CT molecular complexity index is 1840. The standard InChI is InChI=1S/C31H31N5O5/c1-39-22-10-7-20(8-11-22)13-15-33-30(37)23-19-24-29(34-27-6-4-5-16-35(27)31(24)38)36(28(23)32)17-14-21-9-12-25(40-2)26(18-21)41-3/h4-12,16,18-19,32H,13-15,17H2,1-3H3,(H,33,37). The van der Waals surface area contributed by atoms with Crippen molar-refractivity contribution < 1.29 is 19.0 Å². The summed E-state index contributed by atoms with van der Waals surface area (Å²) in [5.74, 6) is 1.55. The maximum absolute atomic E-state index is 13.5. The van der Waals surface area contributed by atoms with Gasteiger partial charge in [-0.05, 0) is 66.4 Å². The van der Waals surface area contributed by atoms with Crippen LogP contribution in [0.15, 0.2) is 77.7 Å². The van der Waals surface area contributed by atoms with E-state index < -0.39 is 5.91 Å². The molecule has 0 bridgehead atoms. The Morgan fingerprint density at radius 1 is 0.902 bits per heavy atom. The number of rotatable bonds is 10. The molecule has 0 aliphatic heterocycles. The van der Waals surface area contributed by atoms with E-state index in [1.807, 2.05) is 42.5 Å². The van der Waals surface area contributed by atoms with Gasteiger partial charge in [-0.1, -0.05) is 24.3 Å². The Balaban J connectivity index is 1.50. The van der Waals surface area contributed by atoms with Crippen LogP contribution in [-0.2, 0) is 19.4 Å². The number of pyridine rings is 2. The highest BCUT2D eigenvalue weighted by Crippen LogP contribution is 2.28. The van der Waals surface area contributed by atoms with E-state index in [0.29, 0.717) is 48.7 Å². The van der Waals surface area contributed by atoms with Crippen molar-refractivity contribution >= 4 is 22.6 Å². The number of amides is 1. The van der Waals surface area contributed by atoms with Crippen molar-refractivity contribution in [1.29, 1.82) is 5.41 Å². The summed E-state index contributed by atoms with van der Waals surface area (Å²) in [5, 5.41) is 12.2. The lowest BCUT2D eigenvalue weighted by Crippen LogP contribution is -2.36. The first-order valence-corrected chi connectivity index (χ1v) is 13.1. The van der Waals surface area contributed by atoms with Gasteiger partial charge in [0.15, 0.2) is 11.5 Å². The molecule has 10 nitrogen and oxygen atoms in total. The molecule has 5 rings (SSSR count). The molecule has 0 saturated carbocycles. The Morgan fingerprint density at radius 3 is 2.39 bits per heavy atom. The van der Waals surface area contributed by atoms with Crippen LogP contribution in [-0.4, -0.2) is 47.7 Å². The topological polar surface area (TPSA) is 120 Å². The fourth-order valence-electron chi connectivity index (χ4n) is 4.76. The Labute approximate surface area is 236 Å². The lowest BCUT2D eigenvalue weighted by molar-refractivity contribution is 0.0951. The van der Waals surface area contributed by atoms with Gasteiger partial charge in [0.2, 0.25) is 0 Å². The second-order valence-corrected chi connectivity index (χ2v) is 9.43. The van der Waals surface area contributed by atoms with Crippen molar-refractivity contribution in [3.63, 3.8) is 0 Å². The number of fused-ring (bicyclic) bond motifs is 2. The Morgan fingerprint density at radius 2 is 1.66 bits per heavy atom. The van der Waals surface area contributed by atoms with Gasteiger partial charge in [0.1, 0.15) is 22.5 Å². The molecular formula is C31H31N5O5. The first-order valence-electron chi connectivity index (χ1n) is 13.1. The van der Waals surface area contributed by atoms with Crippen molar-refractivity contribution in [1.82, 2.24) is 19.3 Å². The van der Waals surface area contributed by atoms with Crippen molar-refractivity contribution in [3.8, 4) is 17.2 Å². The molecule has 10 heteroatoms. The smallest absolute Gasteiger partial charge is 0.267 e. The van der Waals surface area contributed by atoms with Gasteiger partial charge in [-0.15, -0.1) is 0 Å². The minimum atomic E-state index is -0.428. The van der Waals surface area contributed by atoms with Gasteiger partial charge < -0.3 is 24.1 Å². The zero-order chi connectivity index (χ0) is 28.9. The SMILES string of the molecule is COc1ccc(CCNC(=O)c2cc3c(=O)n4ccccc4nc3n(CCc3ccc(OC)c(OC)c3)c2=N)cc1. The molecule has 2 N–H and O–H groups in total. The monoisotopic (exact) mass is 553 g/mol. The van der Waals surface area contributed by atoms with Crippen LogP contribution in [0.5, 0.6) is 17.2 Å². The third kappa shape index (κ3) is 5.62. The molecule has 0 atom stereocenters. The molecule has 41 heavy (non-hydrogen) atoms. The van der Waals surface area contributed by atoms with Gasteiger partial charge in [0, 0.05) is 19.3 Å². The molecule has 0 saturated heterocycles. The largest absolute Gasteiger partial charge is 0.497 e. The second-order valence-electron chi connectivity index (χ2n) is 9.43. The lowest BCUT2D eigenvalue weighted by Gasteiger charge is -2.15. The number of nitrogens with one attached hydrogen (secondary N) is 2. The number of methoxy groups -OCH3 is 3. The summed E-state index contributed by atoms with van der Waals surface area (Å²) < 4.78 is 19.0. The molecule has 210 valence electrons. The van der Waals surface area contributed by atoms with E-state index in [1.54, 1.807) is 50.3 Å². The molecule has 3 heterocycles. The van der Waals surface area contributed by atoms with E-state index in [9.17, 15) is 9.59 Å². The third-order valence-corrected chi connectivity index (χ3v) is 6.99. The fraction of sp³-hybridized carbons (Fsp3) is 0.226. The summed E-state index contributed by atoms with van der Waals surface area (Å²) in [6.45, 7) is 0.677. The summed E-state index contributed by atoms with van der Waals surface area (Å²) >= 11 is 0. The number of aryl methyl sites for hydroxylation is 2. The van der Waals surface area contributed by atoms with Crippen LogP contribution in [0.2, 0.25) is 0 Å². The molecule has 0 spiro atoms. The van der Waals surface area contributed by atoms with E-state index in [4.69, 9.17) is 24.6 Å². The van der Waals surface area contributed by atoms with Gasteiger partial charge in [-0.25, -0.2) is 4.98 Å². The summed E-state index contributed by atoms with van der Waals surface area (Å²) in [6, 6.07) is 20.0. The van der Waals surface area contributed by atoms with Crippen LogP contribution >= 0.6 is 0 Å². The van der Waals surface area contributed by atoms with Crippen LogP contribution in [0.3, 0.4) is 0 Å². The third-order valence-electron chi connectivity index (χ3n) is 6.99. The van der Waals surface area contributed by atoms with Crippen molar-refractivity contribution in [2.24, 2.45) is 0 Å². The number of carbonyl (C=O) groups is 1. The summed E-state index contributed by atoms with van der Waals surface area (Å²) in [7, 11) is 4.76. The Kier molecular flexibility index (Phi) is 8.00. The minimum Gasteiger partial charge on any atom is -0.497 e. The average Bonchev–Trinajstić information content (AvgIpc) is 3.00. The quantitative estimate of drug-likeness (QED) is 0.256. The predicted octanol–water partition coefficient (Wildman–Crippen LogP) is 3.37. The maximum atomic E-state index is 13.5. The minimum absolute atomic E-state index is 0.0212. The first-order chi connectivity index (χ1) is 19.9. The summed E-state index contributed by atoms with van der Waals surface area (Å²) in [4.78, 5) is 31.5. The number of aromatic nitrogens is 3. The number of hydrogen-bond acceptors (Lipinski definition) is 7. The zero-order valence-corrected chi connectivity index (χ0v) is 23.1. The van der Waals surface area contributed by atoms with Gasteiger partial charge in [0.05, 0.1) is 32.3 Å². The molecule has 0 fully saturated rings. The van der Waals surface area contributed by atoms with Gasteiger partial charge in [-0.2, -0.15) is 0 Å². The van der Waals surface area contributed by atoms with Gasteiger partial charge in [-0.3, -0.25) is 19.4 Å². The second kappa shape index (κ2) is 12.0. The lowest BCUT2D eigenvalue weighted by atomic mass is 10.1. The van der Waals surface area contributed by atoms with Crippen LogP contribution < -0.4 is 30.6 Å². The molecular weight excluding hydrogens is 522 g/mol. The van der Waals surface area contributed by atoms with Crippen molar-refractivity contribution in [2.75, 3.05) is 27.9 Å². The summed E-state index contributed by atoms with van der Waals surface area (Å²) in [6.07, 6.45) is 2.75. The van der Waals surface area contributed by atoms with E-state index in [-0.39, 0.29) is 22.0 Å². The molecule has 1 amide bonds. The normalized spacial score (nSPS) is 11.0. The highest BCUT2D eigenvalue weighted by Gasteiger charge is 2.18. The van der Waals surface area contributed by atoms with Crippen LogP contribution in [0.25, 0.3) is 16.7 Å². The number of benzene rings is 2. The van der Waals surface area contributed by atoms with Crippen LogP contribution in [0, 0.1) is 5.41 Å². The van der Waals surface area contributed by atoms with E-state index in [2.05, 4.69) is 5.32 Å². The Hall–Kier alpha value is -5.12. The molecule has 0 radical (unpaired) electrons. The number of carbonyl (C=O) groups excluding carboxylic acids is 1. The highest BCUT2D eigenvalue weighted by atomic mass is 16.5. The zero-order valence-electron chi connectivity index (χ0n) is 23.1. The van der Waals surface area contributed by atoms with Crippen molar-refractivity contribution in [3.05, 3.63) is 105 Å². The van der Waals surface area contributed by atoms with Crippen molar-refractivity contribution in [2.45, 2.75) is 19.4 Å². The van der Waals surface area contributed by atoms with Crippen LogP contribution in [0.4, 0.5) is 0 Å². The van der Waals surface area contributed by atoms with Crippen LogP contribution in [0.1, 0.15) is 21.5 Å². The van der Waals surface area contributed by atoms with Gasteiger partial charge >= 0.3 is 0 Å². The fourth-order valence-corrected chi connectivity index (χ4v) is 4.76. The van der Waals surface area contributed by atoms with E-state index >= 15 is 0 Å². The molecule has 0 aliphatic carbocycles. The first kappa shape index (κ1) is 27.4. The molecule has 5 aromatic rings. The van der Waals surface area contributed by atoms with E-state index in [1.165, 1.54) is 10.5 Å². The number of ether oxygens (including phenoxy) is 3. The molecule has 3 aromatic heterocycles. The number of hydrogen-bond donors (Lipinski definition) is 2. The highest BCUT2D eigenvalue weighted by molar-refractivity contribution is 5.96. The molecule has 0 aliphatic rings. The molecule has 2 aromatic carbocycles. The van der Waals surface area contributed by atoms with E-state index in [0.717, 1.165) is 16.9 Å². The predicted molar refractivity (Wildman–Crippen MR) is 155 cm³/mol. The average molecular weight is 554 g/mol. The maximum Gasteiger partial charge on any atom is 0.267 e. The summed E-state index contributed by atoms with van der Waals surface area (Å²) in [5.41, 5.74) is 2.56.